The molecule has 11 heteroatoms. The van der Waals surface area contributed by atoms with E-state index in [0.717, 1.165) is 10.4 Å². The van der Waals surface area contributed by atoms with E-state index < -0.39 is 34.1 Å². The topological polar surface area (TPSA) is 86.7 Å². The van der Waals surface area contributed by atoms with Crippen molar-refractivity contribution in [1.82, 2.24) is 4.31 Å². The molecule has 148 valence electrons. The second-order valence-electron chi connectivity index (χ2n) is 5.73. The minimum absolute atomic E-state index is 0.0527. The molecule has 0 unspecified atom stereocenters. The SMILES string of the molecule is CCN(CC)S(=O)(=O)c1cc(NC(=O)C[C@](C)(O)C(F)(F)F)ccc1Cl. The van der Waals surface area contributed by atoms with Gasteiger partial charge in [0, 0.05) is 18.8 Å². The van der Waals surface area contributed by atoms with Crippen molar-refractivity contribution in [1.29, 1.82) is 0 Å². The molecule has 0 saturated carbocycles. The number of hydrogen-bond donors (Lipinski definition) is 2. The fraction of sp³-hybridized carbons (Fsp3) is 0.533. The van der Waals surface area contributed by atoms with Gasteiger partial charge in [0.15, 0.2) is 5.60 Å². The number of nitrogens with one attached hydrogen (secondary N) is 1. The van der Waals surface area contributed by atoms with E-state index in [0.29, 0.717) is 6.92 Å². The first-order valence-corrected chi connectivity index (χ1v) is 9.46. The maximum atomic E-state index is 12.6. The van der Waals surface area contributed by atoms with Gasteiger partial charge in [0.25, 0.3) is 0 Å². The van der Waals surface area contributed by atoms with Crippen LogP contribution in [-0.4, -0.2) is 48.6 Å². The van der Waals surface area contributed by atoms with Crippen LogP contribution in [0.25, 0.3) is 0 Å². The highest BCUT2D eigenvalue weighted by Gasteiger charge is 2.51. The summed E-state index contributed by atoms with van der Waals surface area (Å²) in [6, 6.07) is 3.54. The Bertz CT molecular complexity index is 763. The predicted octanol–water partition coefficient (Wildman–Crippen LogP) is 3.01. The lowest BCUT2D eigenvalue weighted by atomic mass is 10.0. The summed E-state index contributed by atoms with van der Waals surface area (Å²) in [5.41, 5.74) is -3.26. The van der Waals surface area contributed by atoms with Crippen molar-refractivity contribution in [2.75, 3.05) is 18.4 Å². The number of carbonyl (C=O) groups is 1. The second kappa shape index (κ2) is 8.12. The third-order valence-corrected chi connectivity index (χ3v) is 6.19. The number of amides is 1. The van der Waals surface area contributed by atoms with Crippen molar-refractivity contribution in [2.45, 2.75) is 43.9 Å². The summed E-state index contributed by atoms with van der Waals surface area (Å²) in [5, 5.41) is 11.4. The molecule has 0 bridgehead atoms. The lowest BCUT2D eigenvalue weighted by molar-refractivity contribution is -0.252. The second-order valence-corrected chi connectivity index (χ2v) is 8.04. The molecular formula is C15H20ClF3N2O4S. The molecule has 1 aromatic carbocycles. The number of sulfonamides is 1. The Labute approximate surface area is 155 Å². The first kappa shape index (κ1) is 22.7. The zero-order valence-corrected chi connectivity index (χ0v) is 16.0. The van der Waals surface area contributed by atoms with Crippen molar-refractivity contribution in [2.24, 2.45) is 0 Å². The molecule has 0 aliphatic heterocycles. The maximum Gasteiger partial charge on any atom is 0.417 e. The minimum Gasteiger partial charge on any atom is -0.380 e. The molecule has 0 fully saturated rings. The van der Waals surface area contributed by atoms with Gasteiger partial charge in [-0.2, -0.15) is 17.5 Å². The highest BCUT2D eigenvalue weighted by atomic mass is 35.5. The van der Waals surface area contributed by atoms with Crippen molar-refractivity contribution in [3.63, 3.8) is 0 Å². The van der Waals surface area contributed by atoms with Gasteiger partial charge < -0.3 is 10.4 Å². The quantitative estimate of drug-likeness (QED) is 0.715. The van der Waals surface area contributed by atoms with E-state index in [4.69, 9.17) is 11.6 Å². The zero-order valence-electron chi connectivity index (χ0n) is 14.4. The van der Waals surface area contributed by atoms with Gasteiger partial charge >= 0.3 is 6.18 Å². The van der Waals surface area contributed by atoms with Crippen LogP contribution in [0.5, 0.6) is 0 Å². The van der Waals surface area contributed by atoms with Crippen molar-refractivity contribution in [3.05, 3.63) is 23.2 Å². The molecule has 0 aliphatic carbocycles. The van der Waals surface area contributed by atoms with E-state index in [1.165, 1.54) is 12.1 Å². The Hall–Kier alpha value is -1.36. The molecular weight excluding hydrogens is 397 g/mol. The molecule has 1 aromatic rings. The van der Waals surface area contributed by atoms with Crippen LogP contribution in [0.15, 0.2) is 23.1 Å². The molecule has 1 rings (SSSR count). The Kier molecular flexibility index (Phi) is 7.08. The van der Waals surface area contributed by atoms with Crippen molar-refractivity contribution in [3.8, 4) is 0 Å². The highest BCUT2D eigenvalue weighted by Crippen LogP contribution is 2.33. The standard InChI is InChI=1S/C15H20ClF3N2O4S/c1-4-21(5-2)26(24,25)12-8-10(6-7-11(12)16)20-13(22)9-14(3,23)15(17,18)19/h6-8,23H,4-5,9H2,1-3H3,(H,20,22)/t14-/m0/s1. The average molecular weight is 417 g/mol. The van der Waals surface area contributed by atoms with E-state index >= 15 is 0 Å². The molecule has 26 heavy (non-hydrogen) atoms. The summed E-state index contributed by atoms with van der Waals surface area (Å²) >= 11 is 5.93. The summed E-state index contributed by atoms with van der Waals surface area (Å²) in [5.74, 6) is -1.12. The number of anilines is 1. The van der Waals surface area contributed by atoms with Gasteiger partial charge in [-0.25, -0.2) is 8.42 Å². The third kappa shape index (κ3) is 5.09. The van der Waals surface area contributed by atoms with Gasteiger partial charge in [0.2, 0.25) is 15.9 Å². The average Bonchev–Trinajstić information content (AvgIpc) is 2.48. The molecule has 0 saturated heterocycles. The van der Waals surface area contributed by atoms with Crippen LogP contribution in [0.1, 0.15) is 27.2 Å². The number of nitrogens with zero attached hydrogens (tertiary/aromatic N) is 1. The van der Waals surface area contributed by atoms with Crippen molar-refractivity contribution >= 4 is 33.2 Å². The van der Waals surface area contributed by atoms with Crippen LogP contribution < -0.4 is 5.32 Å². The van der Waals surface area contributed by atoms with Crippen LogP contribution in [0.4, 0.5) is 18.9 Å². The largest absolute Gasteiger partial charge is 0.417 e. The van der Waals surface area contributed by atoms with Gasteiger partial charge in [0.1, 0.15) is 4.90 Å². The predicted molar refractivity (Wildman–Crippen MR) is 91.5 cm³/mol. The molecule has 0 aromatic heterocycles. The highest BCUT2D eigenvalue weighted by molar-refractivity contribution is 7.89. The number of halogens is 4. The normalized spacial score (nSPS) is 15.0. The van der Waals surface area contributed by atoms with Crippen LogP contribution in [0.3, 0.4) is 0 Å². The molecule has 0 aliphatic rings. The van der Waals surface area contributed by atoms with Gasteiger partial charge in [-0.05, 0) is 25.1 Å². The van der Waals surface area contributed by atoms with E-state index in [-0.39, 0.29) is 28.7 Å². The smallest absolute Gasteiger partial charge is 0.380 e. The summed E-state index contributed by atoms with van der Waals surface area (Å²) in [4.78, 5) is 11.5. The molecule has 0 spiro atoms. The molecule has 1 amide bonds. The molecule has 2 N–H and O–H groups in total. The number of rotatable bonds is 7. The molecule has 6 nitrogen and oxygen atoms in total. The van der Waals surface area contributed by atoms with Gasteiger partial charge in [-0.15, -0.1) is 0 Å². The zero-order chi connectivity index (χ0) is 20.3. The van der Waals surface area contributed by atoms with E-state index in [2.05, 4.69) is 5.32 Å². The fourth-order valence-corrected chi connectivity index (χ4v) is 4.06. The molecule has 0 heterocycles. The Morgan fingerprint density at radius 3 is 2.27 bits per heavy atom. The fourth-order valence-electron chi connectivity index (χ4n) is 2.10. The van der Waals surface area contributed by atoms with Crippen LogP contribution in [0.2, 0.25) is 5.02 Å². The summed E-state index contributed by atoms with van der Waals surface area (Å²) in [6.07, 6.45) is -6.22. The monoisotopic (exact) mass is 416 g/mol. The number of carbonyl (C=O) groups excluding carboxylic acids is 1. The summed E-state index contributed by atoms with van der Waals surface area (Å²) in [7, 11) is -3.93. The Morgan fingerprint density at radius 2 is 1.81 bits per heavy atom. The van der Waals surface area contributed by atoms with Crippen LogP contribution >= 0.6 is 11.6 Å². The summed E-state index contributed by atoms with van der Waals surface area (Å²) in [6.45, 7) is 4.14. The number of aliphatic hydroxyl groups is 1. The minimum atomic E-state index is -4.98. The Morgan fingerprint density at radius 1 is 1.27 bits per heavy atom. The van der Waals surface area contributed by atoms with Gasteiger partial charge in [-0.1, -0.05) is 25.4 Å². The number of benzene rings is 1. The van der Waals surface area contributed by atoms with E-state index in [1.807, 2.05) is 0 Å². The van der Waals surface area contributed by atoms with Crippen molar-refractivity contribution < 1.29 is 31.5 Å². The van der Waals surface area contributed by atoms with E-state index in [9.17, 15) is 31.5 Å². The Balaban J connectivity index is 3.10. The third-order valence-electron chi connectivity index (χ3n) is 3.65. The number of alkyl halides is 3. The first-order valence-electron chi connectivity index (χ1n) is 7.65. The van der Waals surface area contributed by atoms with Crippen LogP contribution in [0, 0.1) is 0 Å². The molecule has 0 radical (unpaired) electrons. The molecule has 1 atom stereocenters. The van der Waals surface area contributed by atoms with Gasteiger partial charge in [-0.3, -0.25) is 4.79 Å². The van der Waals surface area contributed by atoms with Gasteiger partial charge in [0.05, 0.1) is 11.4 Å². The maximum absolute atomic E-state index is 12.6. The van der Waals surface area contributed by atoms with E-state index in [1.54, 1.807) is 13.8 Å². The lowest BCUT2D eigenvalue weighted by Gasteiger charge is -2.25. The number of hydrogen-bond acceptors (Lipinski definition) is 4. The lowest BCUT2D eigenvalue weighted by Crippen LogP contribution is -2.44. The summed E-state index contributed by atoms with van der Waals surface area (Å²) < 4.78 is 64.2. The van der Waals surface area contributed by atoms with Crippen LogP contribution in [-0.2, 0) is 14.8 Å². The first-order chi connectivity index (χ1) is 11.8.